The van der Waals surface area contributed by atoms with E-state index >= 15 is 0 Å². The third-order valence-electron chi connectivity index (χ3n) is 4.66. The number of hydrogen-bond donors (Lipinski definition) is 2. The van der Waals surface area contributed by atoms with Gasteiger partial charge in [0, 0.05) is 23.5 Å². The van der Waals surface area contributed by atoms with E-state index in [1.807, 2.05) is 31.2 Å². The lowest BCUT2D eigenvalue weighted by molar-refractivity contribution is -0.119. The average Bonchev–Trinajstić information content (AvgIpc) is 3.14. The first kappa shape index (κ1) is 18.6. The summed E-state index contributed by atoms with van der Waals surface area (Å²) in [6, 6.07) is 13.5. The van der Waals surface area contributed by atoms with E-state index in [1.54, 1.807) is 29.2 Å². The van der Waals surface area contributed by atoms with E-state index in [2.05, 4.69) is 10.6 Å². The summed E-state index contributed by atoms with van der Waals surface area (Å²) < 4.78 is 0. The molecule has 6 heteroatoms. The van der Waals surface area contributed by atoms with Gasteiger partial charge in [-0.2, -0.15) is 0 Å². The minimum absolute atomic E-state index is 0.0670. The van der Waals surface area contributed by atoms with Gasteiger partial charge in [-0.3, -0.25) is 9.59 Å². The van der Waals surface area contributed by atoms with Gasteiger partial charge in [0.25, 0.3) is 0 Å². The number of anilines is 2. The van der Waals surface area contributed by atoms with Crippen molar-refractivity contribution in [3.8, 4) is 0 Å². The zero-order valence-electron chi connectivity index (χ0n) is 15.5. The fourth-order valence-corrected chi connectivity index (χ4v) is 3.16. The van der Waals surface area contributed by atoms with Crippen LogP contribution in [0.25, 0.3) is 0 Å². The maximum Gasteiger partial charge on any atom is 0.322 e. The van der Waals surface area contributed by atoms with Gasteiger partial charge in [-0.05, 0) is 51.0 Å². The molecule has 1 fully saturated rings. The van der Waals surface area contributed by atoms with Crippen LogP contribution in [0.2, 0.25) is 0 Å². The molecule has 2 aromatic rings. The first-order valence-corrected chi connectivity index (χ1v) is 9.00. The van der Waals surface area contributed by atoms with E-state index in [-0.39, 0.29) is 17.7 Å². The summed E-state index contributed by atoms with van der Waals surface area (Å²) in [5.74, 6) is -0.258. The third kappa shape index (κ3) is 4.53. The second-order valence-corrected chi connectivity index (χ2v) is 6.77. The van der Waals surface area contributed by atoms with Gasteiger partial charge in [0.2, 0.25) is 5.91 Å². The molecule has 0 radical (unpaired) electrons. The van der Waals surface area contributed by atoms with E-state index in [1.165, 1.54) is 6.92 Å². The molecule has 27 heavy (non-hydrogen) atoms. The summed E-state index contributed by atoms with van der Waals surface area (Å²) in [6.07, 6.45) is 1.39. The molecule has 1 aliphatic heterocycles. The Bertz CT molecular complexity index is 861. The average molecular weight is 365 g/mol. The largest absolute Gasteiger partial charge is 0.324 e. The molecule has 1 atom stereocenters. The van der Waals surface area contributed by atoms with Crippen LogP contribution in [0, 0.1) is 6.92 Å². The van der Waals surface area contributed by atoms with Crippen LogP contribution in [0.3, 0.4) is 0 Å². The highest BCUT2D eigenvalue weighted by atomic mass is 16.2. The normalized spacial score (nSPS) is 16.1. The topological polar surface area (TPSA) is 78.5 Å². The van der Waals surface area contributed by atoms with Crippen LogP contribution in [0.5, 0.6) is 0 Å². The van der Waals surface area contributed by atoms with E-state index < -0.39 is 6.04 Å². The van der Waals surface area contributed by atoms with Crippen molar-refractivity contribution in [1.82, 2.24) is 4.90 Å². The molecule has 3 amide bonds. The summed E-state index contributed by atoms with van der Waals surface area (Å²) in [6.45, 7) is 3.98. The van der Waals surface area contributed by atoms with Gasteiger partial charge in [-0.15, -0.1) is 0 Å². The van der Waals surface area contributed by atoms with Gasteiger partial charge < -0.3 is 15.5 Å². The number of urea groups is 1. The Kier molecular flexibility index (Phi) is 5.54. The summed E-state index contributed by atoms with van der Waals surface area (Å²) in [5, 5.41) is 5.67. The Balaban J connectivity index is 1.67. The molecule has 0 bridgehead atoms. The lowest BCUT2D eigenvalue weighted by Crippen LogP contribution is -2.45. The Labute approximate surface area is 158 Å². The molecule has 6 nitrogen and oxygen atoms in total. The van der Waals surface area contributed by atoms with Crippen molar-refractivity contribution in [3.63, 3.8) is 0 Å². The van der Waals surface area contributed by atoms with Crippen LogP contribution in [-0.4, -0.2) is 35.2 Å². The minimum Gasteiger partial charge on any atom is -0.324 e. The molecular weight excluding hydrogens is 342 g/mol. The number of nitrogens with zero attached hydrogens (tertiary/aromatic N) is 1. The van der Waals surface area contributed by atoms with Crippen LogP contribution in [0.15, 0.2) is 48.5 Å². The van der Waals surface area contributed by atoms with Crippen molar-refractivity contribution < 1.29 is 14.4 Å². The molecule has 3 rings (SSSR count). The number of nitrogens with one attached hydrogen (secondary N) is 2. The Morgan fingerprint density at radius 2 is 1.74 bits per heavy atom. The molecule has 0 aliphatic carbocycles. The van der Waals surface area contributed by atoms with Crippen LogP contribution in [0.1, 0.15) is 35.7 Å². The van der Waals surface area contributed by atoms with Crippen molar-refractivity contribution in [2.75, 3.05) is 17.2 Å². The minimum atomic E-state index is -0.512. The quantitative estimate of drug-likeness (QED) is 0.808. The predicted octanol–water partition coefficient (Wildman–Crippen LogP) is 3.83. The Morgan fingerprint density at radius 3 is 2.44 bits per heavy atom. The maximum atomic E-state index is 12.7. The summed E-state index contributed by atoms with van der Waals surface area (Å²) >= 11 is 0. The van der Waals surface area contributed by atoms with Gasteiger partial charge in [0.15, 0.2) is 5.78 Å². The molecule has 2 N–H and O–H groups in total. The zero-order chi connectivity index (χ0) is 19.4. The Morgan fingerprint density at radius 1 is 1.00 bits per heavy atom. The van der Waals surface area contributed by atoms with Crippen LogP contribution >= 0.6 is 0 Å². The number of Topliss-reactive ketones (excluding diaryl/α,β-unsaturated/α-hetero) is 1. The van der Waals surface area contributed by atoms with Crippen molar-refractivity contribution in [2.24, 2.45) is 0 Å². The number of rotatable bonds is 4. The number of aryl methyl sites for hydroxylation is 1. The van der Waals surface area contributed by atoms with E-state index in [0.717, 1.165) is 12.0 Å². The fraction of sp³-hybridized carbons (Fsp3) is 0.286. The van der Waals surface area contributed by atoms with E-state index in [0.29, 0.717) is 29.9 Å². The van der Waals surface area contributed by atoms with Crippen LogP contribution in [-0.2, 0) is 4.79 Å². The fourth-order valence-electron chi connectivity index (χ4n) is 3.16. The lowest BCUT2D eigenvalue weighted by Gasteiger charge is -2.24. The van der Waals surface area contributed by atoms with Gasteiger partial charge >= 0.3 is 6.03 Å². The second kappa shape index (κ2) is 8.03. The number of hydrogen-bond acceptors (Lipinski definition) is 3. The van der Waals surface area contributed by atoms with Crippen molar-refractivity contribution >= 4 is 29.1 Å². The summed E-state index contributed by atoms with van der Waals surface area (Å²) in [7, 11) is 0. The molecule has 0 spiro atoms. The highest BCUT2D eigenvalue weighted by molar-refractivity contribution is 6.00. The standard InChI is InChI=1S/C21H23N3O3/c1-14-8-10-17(11-9-14)22-20(26)19-7-4-12-24(19)21(27)23-18-6-3-5-16(13-18)15(2)25/h3,5-6,8-11,13,19H,4,7,12H2,1-2H3,(H,22,26)(H,23,27)/t19-/m1/s1. The molecule has 1 heterocycles. The molecule has 2 aromatic carbocycles. The van der Waals surface area contributed by atoms with Crippen molar-refractivity contribution in [1.29, 1.82) is 0 Å². The molecule has 1 aliphatic rings. The van der Waals surface area contributed by atoms with Crippen molar-refractivity contribution in [3.05, 3.63) is 59.7 Å². The predicted molar refractivity (Wildman–Crippen MR) is 105 cm³/mol. The first-order valence-electron chi connectivity index (χ1n) is 9.00. The SMILES string of the molecule is CC(=O)c1cccc(NC(=O)N2CCC[C@@H]2C(=O)Nc2ccc(C)cc2)c1. The number of ketones is 1. The number of benzene rings is 2. The maximum absolute atomic E-state index is 12.7. The zero-order valence-corrected chi connectivity index (χ0v) is 15.5. The first-order chi connectivity index (χ1) is 12.9. The summed E-state index contributed by atoms with van der Waals surface area (Å²) in [5.41, 5.74) is 2.90. The Hall–Kier alpha value is -3.15. The number of amides is 3. The van der Waals surface area contributed by atoms with Gasteiger partial charge in [-0.25, -0.2) is 4.79 Å². The molecular formula is C21H23N3O3. The lowest BCUT2D eigenvalue weighted by atomic mass is 10.1. The smallest absolute Gasteiger partial charge is 0.322 e. The van der Waals surface area contributed by atoms with Crippen molar-refractivity contribution in [2.45, 2.75) is 32.7 Å². The molecule has 0 saturated carbocycles. The van der Waals surface area contributed by atoms with Gasteiger partial charge in [0.1, 0.15) is 6.04 Å². The monoisotopic (exact) mass is 365 g/mol. The number of carbonyl (C=O) groups is 3. The number of carbonyl (C=O) groups excluding carboxylic acids is 3. The molecule has 140 valence electrons. The van der Waals surface area contributed by atoms with E-state index in [4.69, 9.17) is 0 Å². The van der Waals surface area contributed by atoms with Gasteiger partial charge in [0.05, 0.1) is 0 Å². The second-order valence-electron chi connectivity index (χ2n) is 6.77. The molecule has 1 saturated heterocycles. The highest BCUT2D eigenvalue weighted by Gasteiger charge is 2.34. The summed E-state index contributed by atoms with van der Waals surface area (Å²) in [4.78, 5) is 38.3. The van der Waals surface area contributed by atoms with Gasteiger partial charge in [-0.1, -0.05) is 29.8 Å². The van der Waals surface area contributed by atoms with Crippen LogP contribution < -0.4 is 10.6 Å². The molecule has 0 unspecified atom stereocenters. The van der Waals surface area contributed by atoms with E-state index in [9.17, 15) is 14.4 Å². The number of likely N-dealkylation sites (tertiary alicyclic amines) is 1. The highest BCUT2D eigenvalue weighted by Crippen LogP contribution is 2.21. The molecule has 0 aromatic heterocycles. The third-order valence-corrected chi connectivity index (χ3v) is 4.66. The van der Waals surface area contributed by atoms with Crippen LogP contribution in [0.4, 0.5) is 16.2 Å².